The van der Waals surface area contributed by atoms with Gasteiger partial charge in [0.15, 0.2) is 0 Å². The molecule has 0 amide bonds. The lowest BCUT2D eigenvalue weighted by molar-refractivity contribution is -0.146. The van der Waals surface area contributed by atoms with Crippen molar-refractivity contribution in [2.75, 3.05) is 26.7 Å². The topological polar surface area (TPSA) is 122 Å². The average Bonchev–Trinajstić information content (AvgIpc) is 2.44. The number of methoxy groups -OCH3 is 1. The van der Waals surface area contributed by atoms with Crippen LogP contribution in [-0.4, -0.2) is 62.7 Å². The van der Waals surface area contributed by atoms with Crippen molar-refractivity contribution < 1.29 is 23.1 Å². The summed E-state index contributed by atoms with van der Waals surface area (Å²) < 4.78 is 32.3. The number of aliphatic hydroxyl groups is 1. The van der Waals surface area contributed by atoms with Gasteiger partial charge in [0.05, 0.1) is 19.1 Å². The van der Waals surface area contributed by atoms with E-state index in [1.807, 2.05) is 0 Å². The molecule has 9 heteroatoms. The number of hydrogen-bond donors (Lipinski definition) is 3. The van der Waals surface area contributed by atoms with Gasteiger partial charge in [-0.05, 0) is 19.8 Å². The van der Waals surface area contributed by atoms with Crippen LogP contribution in [0.4, 0.5) is 0 Å². The van der Waals surface area contributed by atoms with Crippen LogP contribution < -0.4 is 10.5 Å². The van der Waals surface area contributed by atoms with Gasteiger partial charge in [0.1, 0.15) is 0 Å². The summed E-state index contributed by atoms with van der Waals surface area (Å²) >= 11 is 0. The van der Waals surface area contributed by atoms with Crippen LogP contribution in [0.15, 0.2) is 0 Å². The van der Waals surface area contributed by atoms with Crippen molar-refractivity contribution in [3.05, 3.63) is 0 Å². The Morgan fingerprint density at radius 3 is 2.50 bits per heavy atom. The fraction of sp³-hybridized carbons (Fsp3) is 0.909. The minimum atomic E-state index is -3.63. The molecule has 2 unspecified atom stereocenters. The maximum atomic E-state index is 12.0. The zero-order chi connectivity index (χ0) is 15.3. The van der Waals surface area contributed by atoms with Crippen LogP contribution in [0.1, 0.15) is 19.8 Å². The first-order valence-electron chi connectivity index (χ1n) is 6.54. The molecule has 4 N–H and O–H groups in total. The van der Waals surface area contributed by atoms with E-state index in [1.165, 1.54) is 18.3 Å². The van der Waals surface area contributed by atoms with Crippen molar-refractivity contribution in [3.63, 3.8) is 0 Å². The molecule has 0 spiro atoms. The molecular formula is C11H23N3O5S. The zero-order valence-electron chi connectivity index (χ0n) is 11.8. The Morgan fingerprint density at radius 2 is 2.05 bits per heavy atom. The van der Waals surface area contributed by atoms with Crippen LogP contribution in [-0.2, 0) is 19.7 Å². The van der Waals surface area contributed by atoms with E-state index in [2.05, 4.69) is 9.46 Å². The number of nitrogens with zero attached hydrogens (tertiary/aromatic N) is 1. The zero-order valence-corrected chi connectivity index (χ0v) is 12.6. The van der Waals surface area contributed by atoms with E-state index >= 15 is 0 Å². The van der Waals surface area contributed by atoms with Crippen molar-refractivity contribution in [1.29, 1.82) is 0 Å². The number of esters is 1. The SMILES string of the molecule is COC(=O)C1CCN(S(=O)(=O)NCC(N)C(C)O)CC1. The summed E-state index contributed by atoms with van der Waals surface area (Å²) in [6.07, 6.45) is 0.0919. The number of ether oxygens (including phenoxy) is 1. The van der Waals surface area contributed by atoms with Crippen LogP contribution in [0.25, 0.3) is 0 Å². The number of carbonyl (C=O) groups is 1. The van der Waals surface area contributed by atoms with Gasteiger partial charge in [0.2, 0.25) is 0 Å². The number of rotatable bonds is 6. The van der Waals surface area contributed by atoms with E-state index in [9.17, 15) is 18.3 Å². The predicted octanol–water partition coefficient (Wildman–Crippen LogP) is -1.59. The standard InChI is InChI=1S/C11H23N3O5S/c1-8(15)10(12)7-13-20(17,18)14-5-3-9(4-6-14)11(16)19-2/h8-10,13,15H,3-7,12H2,1-2H3. The molecule has 0 saturated carbocycles. The van der Waals surface area contributed by atoms with Gasteiger partial charge in [0.25, 0.3) is 10.2 Å². The molecule has 1 saturated heterocycles. The molecule has 1 heterocycles. The highest BCUT2D eigenvalue weighted by Gasteiger charge is 2.31. The van der Waals surface area contributed by atoms with Gasteiger partial charge in [-0.2, -0.15) is 12.7 Å². The number of piperidine rings is 1. The third-order valence-electron chi connectivity index (χ3n) is 3.45. The summed E-state index contributed by atoms with van der Waals surface area (Å²) in [7, 11) is -2.30. The van der Waals surface area contributed by atoms with Crippen LogP contribution >= 0.6 is 0 Å². The molecular weight excluding hydrogens is 286 g/mol. The van der Waals surface area contributed by atoms with Crippen LogP contribution in [0.2, 0.25) is 0 Å². The minimum Gasteiger partial charge on any atom is -0.469 e. The molecule has 0 radical (unpaired) electrons. The molecule has 1 fully saturated rings. The molecule has 1 rings (SSSR count). The number of nitrogens with two attached hydrogens (primary N) is 1. The summed E-state index contributed by atoms with van der Waals surface area (Å²) in [5.74, 6) is -0.544. The lowest BCUT2D eigenvalue weighted by atomic mass is 9.99. The van der Waals surface area contributed by atoms with Gasteiger partial charge in [0, 0.05) is 25.7 Å². The molecule has 0 aliphatic carbocycles. The van der Waals surface area contributed by atoms with Gasteiger partial charge in [-0.3, -0.25) is 4.79 Å². The molecule has 2 atom stereocenters. The molecule has 0 aromatic heterocycles. The first-order valence-corrected chi connectivity index (χ1v) is 7.98. The number of nitrogens with one attached hydrogen (secondary N) is 1. The van der Waals surface area contributed by atoms with Crippen LogP contribution in [0.5, 0.6) is 0 Å². The summed E-state index contributed by atoms with van der Waals surface area (Å²) in [6.45, 7) is 2.00. The molecule has 0 bridgehead atoms. The Kier molecular flexibility index (Phi) is 6.34. The maximum absolute atomic E-state index is 12.0. The predicted molar refractivity (Wildman–Crippen MR) is 72.9 cm³/mol. The van der Waals surface area contributed by atoms with Crippen molar-refractivity contribution >= 4 is 16.2 Å². The van der Waals surface area contributed by atoms with Crippen molar-refractivity contribution in [1.82, 2.24) is 9.03 Å². The smallest absolute Gasteiger partial charge is 0.308 e. The van der Waals surface area contributed by atoms with Gasteiger partial charge in [-0.1, -0.05) is 0 Å². The fourth-order valence-corrected chi connectivity index (χ4v) is 3.24. The van der Waals surface area contributed by atoms with Gasteiger partial charge >= 0.3 is 5.97 Å². The second kappa shape index (κ2) is 7.32. The fourth-order valence-electron chi connectivity index (χ4n) is 1.96. The molecule has 8 nitrogen and oxygen atoms in total. The highest BCUT2D eigenvalue weighted by atomic mass is 32.2. The van der Waals surface area contributed by atoms with Crippen molar-refractivity contribution in [2.24, 2.45) is 11.7 Å². The van der Waals surface area contributed by atoms with Crippen LogP contribution in [0.3, 0.4) is 0 Å². The third-order valence-corrected chi connectivity index (χ3v) is 5.03. The van der Waals surface area contributed by atoms with Gasteiger partial charge < -0.3 is 15.6 Å². The first-order chi connectivity index (χ1) is 9.27. The first kappa shape index (κ1) is 17.3. The second-order valence-electron chi connectivity index (χ2n) is 4.95. The molecule has 0 aromatic rings. The largest absolute Gasteiger partial charge is 0.469 e. The van der Waals surface area contributed by atoms with E-state index in [0.29, 0.717) is 12.8 Å². The van der Waals surface area contributed by atoms with Gasteiger partial charge in [-0.15, -0.1) is 0 Å². The normalized spacial score (nSPS) is 21.4. The summed E-state index contributed by atoms with van der Waals surface area (Å²) in [6, 6.07) is -0.655. The van der Waals surface area contributed by atoms with E-state index in [4.69, 9.17) is 5.73 Å². The Hall–Kier alpha value is -0.740. The van der Waals surface area contributed by atoms with Crippen molar-refractivity contribution in [3.8, 4) is 0 Å². The Morgan fingerprint density at radius 1 is 1.50 bits per heavy atom. The Balaban J connectivity index is 2.48. The third kappa shape index (κ3) is 4.67. The lowest BCUT2D eigenvalue weighted by Crippen LogP contribution is -2.50. The highest BCUT2D eigenvalue weighted by Crippen LogP contribution is 2.20. The molecule has 118 valence electrons. The summed E-state index contributed by atoms with van der Waals surface area (Å²) in [5, 5.41) is 9.23. The monoisotopic (exact) mass is 309 g/mol. The molecule has 1 aliphatic rings. The number of carbonyl (C=O) groups excluding carboxylic acids is 1. The Labute approximate surface area is 119 Å². The quantitative estimate of drug-likeness (QED) is 0.509. The number of hydrogen-bond acceptors (Lipinski definition) is 6. The van der Waals surface area contributed by atoms with E-state index in [0.717, 1.165) is 0 Å². The average molecular weight is 309 g/mol. The molecule has 0 aromatic carbocycles. The number of aliphatic hydroxyl groups excluding tert-OH is 1. The molecule has 1 aliphatic heterocycles. The van der Waals surface area contributed by atoms with E-state index < -0.39 is 22.4 Å². The maximum Gasteiger partial charge on any atom is 0.308 e. The second-order valence-corrected chi connectivity index (χ2v) is 6.71. The Bertz CT molecular complexity index is 418. The van der Waals surface area contributed by atoms with Gasteiger partial charge in [-0.25, -0.2) is 4.72 Å². The molecule has 20 heavy (non-hydrogen) atoms. The highest BCUT2D eigenvalue weighted by molar-refractivity contribution is 7.87. The summed E-state index contributed by atoms with van der Waals surface area (Å²) in [4.78, 5) is 11.4. The van der Waals surface area contributed by atoms with E-state index in [1.54, 1.807) is 0 Å². The van der Waals surface area contributed by atoms with E-state index in [-0.39, 0.29) is 31.5 Å². The van der Waals surface area contributed by atoms with Crippen molar-refractivity contribution in [2.45, 2.75) is 31.9 Å². The minimum absolute atomic E-state index is 0.0308. The lowest BCUT2D eigenvalue weighted by Gasteiger charge is -2.30. The van der Waals surface area contributed by atoms with Crippen LogP contribution in [0, 0.1) is 5.92 Å². The summed E-state index contributed by atoms with van der Waals surface area (Å²) in [5.41, 5.74) is 5.58.